The lowest BCUT2D eigenvalue weighted by atomic mass is 10.0. The van der Waals surface area contributed by atoms with Crippen LogP contribution >= 0.6 is 0 Å². The number of amides is 1. The number of aromatic nitrogens is 2. The zero-order chi connectivity index (χ0) is 16.2. The van der Waals surface area contributed by atoms with Crippen molar-refractivity contribution in [1.82, 2.24) is 25.3 Å². The second-order valence-corrected chi connectivity index (χ2v) is 6.93. The average Bonchev–Trinajstić information content (AvgIpc) is 3.21. The Morgan fingerprint density at radius 2 is 1.96 bits per heavy atom. The molecule has 1 atom stereocenters. The minimum absolute atomic E-state index is 0.0554. The molecule has 6 nitrogen and oxygen atoms in total. The molecule has 2 N–H and O–H groups in total. The summed E-state index contributed by atoms with van der Waals surface area (Å²) < 4.78 is 1.73. The summed E-state index contributed by atoms with van der Waals surface area (Å²) in [5.74, 6) is 0.0554. The van der Waals surface area contributed by atoms with Gasteiger partial charge in [-0.3, -0.25) is 9.48 Å². The second kappa shape index (κ2) is 7.45. The molecule has 128 valence electrons. The van der Waals surface area contributed by atoms with Gasteiger partial charge < -0.3 is 15.5 Å². The molecule has 1 unspecified atom stereocenters. The first-order valence-corrected chi connectivity index (χ1v) is 8.87. The predicted molar refractivity (Wildman–Crippen MR) is 90.0 cm³/mol. The van der Waals surface area contributed by atoms with Gasteiger partial charge in [0.25, 0.3) is 0 Å². The number of aryl methyl sites for hydroxylation is 1. The number of nitrogens with one attached hydrogen (secondary N) is 2. The summed E-state index contributed by atoms with van der Waals surface area (Å²) in [6.07, 6.45) is 11.3. The molecule has 0 bridgehead atoms. The van der Waals surface area contributed by atoms with E-state index in [-0.39, 0.29) is 11.9 Å². The highest BCUT2D eigenvalue weighted by molar-refractivity contribution is 5.83. The maximum absolute atomic E-state index is 12.6. The first-order valence-electron chi connectivity index (χ1n) is 8.87. The number of carbonyl (C=O) groups is 1. The molecular weight excluding hydrogens is 290 g/mol. The minimum atomic E-state index is -0.323. The van der Waals surface area contributed by atoms with Gasteiger partial charge in [0.05, 0.1) is 6.20 Å². The molecule has 1 aromatic rings. The Labute approximate surface area is 138 Å². The normalized spacial score (nSPS) is 22.3. The fourth-order valence-electron chi connectivity index (χ4n) is 4.00. The number of piperidine rings is 1. The van der Waals surface area contributed by atoms with Gasteiger partial charge in [0.1, 0.15) is 6.04 Å². The molecule has 1 aliphatic heterocycles. The van der Waals surface area contributed by atoms with E-state index >= 15 is 0 Å². The number of likely N-dealkylation sites (N-methyl/N-ethyl adjacent to an activating group) is 1. The van der Waals surface area contributed by atoms with Crippen LogP contribution in [0.15, 0.2) is 12.4 Å². The van der Waals surface area contributed by atoms with Gasteiger partial charge in [0.15, 0.2) is 0 Å². The quantitative estimate of drug-likeness (QED) is 0.856. The van der Waals surface area contributed by atoms with Gasteiger partial charge in [-0.1, -0.05) is 12.8 Å². The molecule has 0 spiro atoms. The van der Waals surface area contributed by atoms with Crippen molar-refractivity contribution in [3.05, 3.63) is 18.0 Å². The largest absolute Gasteiger partial charge is 0.352 e. The molecule has 1 saturated heterocycles. The highest BCUT2D eigenvalue weighted by Gasteiger charge is 2.29. The van der Waals surface area contributed by atoms with Crippen molar-refractivity contribution in [3.8, 4) is 0 Å². The smallest absolute Gasteiger partial charge is 0.242 e. The monoisotopic (exact) mass is 319 g/mol. The number of carbonyl (C=O) groups excluding carboxylic acids is 1. The van der Waals surface area contributed by atoms with Crippen molar-refractivity contribution in [1.29, 1.82) is 0 Å². The SMILES string of the molecule is CNC(C(=O)NC1CCN(C2CCCC2)CC1)c1cnn(C)c1. The Bertz CT molecular complexity index is 515. The molecule has 3 rings (SSSR count). The van der Waals surface area contributed by atoms with Crippen LogP contribution in [0.4, 0.5) is 0 Å². The first kappa shape index (κ1) is 16.5. The van der Waals surface area contributed by atoms with Crippen molar-refractivity contribution in [2.75, 3.05) is 20.1 Å². The third kappa shape index (κ3) is 3.93. The van der Waals surface area contributed by atoms with Crippen LogP contribution in [0.1, 0.15) is 50.1 Å². The third-order valence-electron chi connectivity index (χ3n) is 5.33. The van der Waals surface area contributed by atoms with E-state index in [4.69, 9.17) is 0 Å². The van der Waals surface area contributed by atoms with Crippen molar-refractivity contribution in [2.24, 2.45) is 7.05 Å². The molecule has 2 aliphatic rings. The number of likely N-dealkylation sites (tertiary alicyclic amines) is 1. The van der Waals surface area contributed by atoms with Gasteiger partial charge in [-0.25, -0.2) is 0 Å². The molecule has 1 aromatic heterocycles. The van der Waals surface area contributed by atoms with E-state index < -0.39 is 0 Å². The Balaban J connectivity index is 1.50. The lowest BCUT2D eigenvalue weighted by molar-refractivity contribution is -0.124. The van der Waals surface area contributed by atoms with Gasteiger partial charge in [0, 0.05) is 44.0 Å². The van der Waals surface area contributed by atoms with Crippen molar-refractivity contribution >= 4 is 5.91 Å². The van der Waals surface area contributed by atoms with Gasteiger partial charge >= 0.3 is 0 Å². The minimum Gasteiger partial charge on any atom is -0.352 e. The molecule has 6 heteroatoms. The van der Waals surface area contributed by atoms with Crippen LogP contribution in [0.5, 0.6) is 0 Å². The molecule has 0 aromatic carbocycles. The summed E-state index contributed by atoms with van der Waals surface area (Å²) in [6.45, 7) is 2.24. The van der Waals surface area contributed by atoms with Crippen molar-refractivity contribution < 1.29 is 4.79 Å². The summed E-state index contributed by atoms with van der Waals surface area (Å²) >= 11 is 0. The van der Waals surface area contributed by atoms with E-state index in [0.29, 0.717) is 6.04 Å². The van der Waals surface area contributed by atoms with Gasteiger partial charge in [-0.2, -0.15) is 5.10 Å². The van der Waals surface area contributed by atoms with E-state index in [1.807, 2.05) is 20.3 Å². The maximum atomic E-state index is 12.6. The molecule has 1 saturated carbocycles. The Hall–Kier alpha value is -1.40. The van der Waals surface area contributed by atoms with Crippen LogP contribution < -0.4 is 10.6 Å². The summed E-state index contributed by atoms with van der Waals surface area (Å²) in [5, 5.41) is 10.5. The number of rotatable bonds is 5. The van der Waals surface area contributed by atoms with E-state index in [1.54, 1.807) is 10.9 Å². The molecular formula is C17H29N5O. The zero-order valence-electron chi connectivity index (χ0n) is 14.3. The molecule has 1 amide bonds. The van der Waals surface area contributed by atoms with E-state index in [0.717, 1.165) is 37.5 Å². The third-order valence-corrected chi connectivity index (χ3v) is 5.33. The summed E-state index contributed by atoms with van der Waals surface area (Å²) in [5.41, 5.74) is 0.913. The van der Waals surface area contributed by atoms with Gasteiger partial charge in [-0.15, -0.1) is 0 Å². The second-order valence-electron chi connectivity index (χ2n) is 6.93. The molecule has 1 aliphatic carbocycles. The summed E-state index contributed by atoms with van der Waals surface area (Å²) in [7, 11) is 3.69. The highest BCUT2D eigenvalue weighted by Crippen LogP contribution is 2.26. The molecule has 2 fully saturated rings. The summed E-state index contributed by atoms with van der Waals surface area (Å²) in [4.78, 5) is 15.2. The molecule has 23 heavy (non-hydrogen) atoms. The lowest BCUT2D eigenvalue weighted by Crippen LogP contribution is -2.49. The Morgan fingerprint density at radius 3 is 2.52 bits per heavy atom. The highest BCUT2D eigenvalue weighted by atomic mass is 16.2. The predicted octanol–water partition coefficient (Wildman–Crippen LogP) is 1.20. The van der Waals surface area contributed by atoms with E-state index in [2.05, 4.69) is 20.6 Å². The summed E-state index contributed by atoms with van der Waals surface area (Å²) in [6, 6.07) is 0.774. The van der Waals surface area contributed by atoms with Crippen LogP contribution in [-0.4, -0.2) is 52.8 Å². The van der Waals surface area contributed by atoms with Crippen LogP contribution in [0.3, 0.4) is 0 Å². The standard InChI is InChI=1S/C17H29N5O/c1-18-16(13-11-19-21(2)12-13)17(23)20-14-7-9-22(10-8-14)15-5-3-4-6-15/h11-12,14-16,18H,3-10H2,1-2H3,(H,20,23). The van der Waals surface area contributed by atoms with Crippen LogP contribution in [0, 0.1) is 0 Å². The van der Waals surface area contributed by atoms with E-state index in [9.17, 15) is 4.79 Å². The first-order chi connectivity index (χ1) is 11.2. The van der Waals surface area contributed by atoms with Crippen LogP contribution in [-0.2, 0) is 11.8 Å². The molecule has 2 heterocycles. The van der Waals surface area contributed by atoms with Gasteiger partial charge in [0.2, 0.25) is 5.91 Å². The lowest BCUT2D eigenvalue weighted by Gasteiger charge is -2.36. The topological polar surface area (TPSA) is 62.2 Å². The van der Waals surface area contributed by atoms with Crippen LogP contribution in [0.25, 0.3) is 0 Å². The van der Waals surface area contributed by atoms with Crippen molar-refractivity contribution in [2.45, 2.75) is 56.7 Å². The van der Waals surface area contributed by atoms with Crippen molar-refractivity contribution in [3.63, 3.8) is 0 Å². The number of hydrogen-bond acceptors (Lipinski definition) is 4. The van der Waals surface area contributed by atoms with Gasteiger partial charge in [-0.05, 0) is 32.7 Å². The number of nitrogens with zero attached hydrogens (tertiary/aromatic N) is 3. The fourth-order valence-corrected chi connectivity index (χ4v) is 4.00. The Kier molecular flexibility index (Phi) is 5.33. The van der Waals surface area contributed by atoms with Crippen LogP contribution in [0.2, 0.25) is 0 Å². The fraction of sp³-hybridized carbons (Fsp3) is 0.765. The molecule has 0 radical (unpaired) electrons. The van der Waals surface area contributed by atoms with E-state index in [1.165, 1.54) is 25.7 Å². The Morgan fingerprint density at radius 1 is 1.26 bits per heavy atom. The maximum Gasteiger partial charge on any atom is 0.242 e. The number of hydrogen-bond donors (Lipinski definition) is 2. The average molecular weight is 319 g/mol. The zero-order valence-corrected chi connectivity index (χ0v) is 14.3.